The van der Waals surface area contributed by atoms with Crippen LogP contribution in [0.1, 0.15) is 22.4 Å². The molecule has 4 heteroatoms. The van der Waals surface area contributed by atoms with E-state index in [2.05, 4.69) is 4.98 Å². The number of halogens is 1. The van der Waals surface area contributed by atoms with E-state index in [0.29, 0.717) is 5.56 Å². The largest absolute Gasteiger partial charge is 0.446 e. The molecule has 1 heterocycles. The number of ketones is 1. The third-order valence-corrected chi connectivity index (χ3v) is 1.96. The second-order valence-electron chi connectivity index (χ2n) is 2.96. The summed E-state index contributed by atoms with van der Waals surface area (Å²) in [5, 5.41) is 0. The minimum absolute atomic E-state index is 0.205. The summed E-state index contributed by atoms with van der Waals surface area (Å²) in [6.45, 7) is 0. The van der Waals surface area contributed by atoms with Crippen molar-refractivity contribution in [2.75, 3.05) is 0 Å². The molecule has 0 fully saturated rings. The highest BCUT2D eigenvalue weighted by Crippen LogP contribution is 2.20. The highest BCUT2D eigenvalue weighted by Gasteiger charge is 2.24. The Morgan fingerprint density at radius 1 is 1.33 bits per heavy atom. The van der Waals surface area contributed by atoms with Crippen molar-refractivity contribution in [1.29, 1.82) is 0 Å². The molecule has 0 amide bonds. The number of hydrogen-bond donors (Lipinski definition) is 0. The van der Waals surface area contributed by atoms with Crippen LogP contribution in [0, 0.1) is 0 Å². The zero-order valence-electron chi connectivity index (χ0n) is 7.76. The summed E-state index contributed by atoms with van der Waals surface area (Å²) in [6.07, 6.45) is 0.711. The standard InChI is InChI=1S/C11H8FNO2/c12-9(11-13-6-7-15-11)10(14)8-4-2-1-3-5-8/h1-7,9H. The van der Waals surface area contributed by atoms with Crippen LogP contribution in [0.4, 0.5) is 4.39 Å². The van der Waals surface area contributed by atoms with Crippen LogP contribution in [-0.2, 0) is 0 Å². The van der Waals surface area contributed by atoms with E-state index in [0.717, 1.165) is 0 Å². The van der Waals surface area contributed by atoms with Crippen molar-refractivity contribution in [1.82, 2.24) is 4.98 Å². The van der Waals surface area contributed by atoms with Crippen molar-refractivity contribution < 1.29 is 13.6 Å². The van der Waals surface area contributed by atoms with Crippen LogP contribution in [0.25, 0.3) is 0 Å². The number of hydrogen-bond acceptors (Lipinski definition) is 3. The predicted octanol–water partition coefficient (Wildman–Crippen LogP) is 2.57. The molecule has 0 saturated carbocycles. The zero-order valence-corrected chi connectivity index (χ0v) is 7.76. The molecule has 15 heavy (non-hydrogen) atoms. The van der Waals surface area contributed by atoms with Gasteiger partial charge in [-0.25, -0.2) is 9.37 Å². The molecule has 0 aliphatic rings. The summed E-state index contributed by atoms with van der Waals surface area (Å²) >= 11 is 0. The molecule has 0 bridgehead atoms. The van der Waals surface area contributed by atoms with E-state index >= 15 is 0 Å². The number of alkyl halides is 1. The van der Waals surface area contributed by atoms with Crippen LogP contribution in [0.2, 0.25) is 0 Å². The summed E-state index contributed by atoms with van der Waals surface area (Å²) in [7, 11) is 0. The minimum atomic E-state index is -1.83. The number of oxazole rings is 1. The molecule has 1 aromatic carbocycles. The van der Waals surface area contributed by atoms with Crippen molar-refractivity contribution in [3.8, 4) is 0 Å². The molecule has 1 aromatic heterocycles. The van der Waals surface area contributed by atoms with Crippen molar-refractivity contribution in [3.63, 3.8) is 0 Å². The van der Waals surface area contributed by atoms with Gasteiger partial charge in [0.25, 0.3) is 0 Å². The van der Waals surface area contributed by atoms with Gasteiger partial charge >= 0.3 is 0 Å². The van der Waals surface area contributed by atoms with Gasteiger partial charge in [0.15, 0.2) is 0 Å². The topological polar surface area (TPSA) is 43.1 Å². The number of benzene rings is 1. The van der Waals surface area contributed by atoms with Crippen molar-refractivity contribution >= 4 is 5.78 Å². The fourth-order valence-corrected chi connectivity index (χ4v) is 1.22. The van der Waals surface area contributed by atoms with Crippen molar-refractivity contribution in [2.45, 2.75) is 6.17 Å². The molecule has 76 valence electrons. The summed E-state index contributed by atoms with van der Waals surface area (Å²) in [5.41, 5.74) is 0.309. The molecule has 1 atom stereocenters. The maximum Gasteiger partial charge on any atom is 0.238 e. The van der Waals surface area contributed by atoms with Gasteiger partial charge in [0, 0.05) is 5.56 Å². The molecule has 0 spiro atoms. The summed E-state index contributed by atoms with van der Waals surface area (Å²) in [6, 6.07) is 8.22. The van der Waals surface area contributed by atoms with Gasteiger partial charge < -0.3 is 4.42 Å². The van der Waals surface area contributed by atoms with Gasteiger partial charge in [0.05, 0.1) is 6.20 Å². The zero-order chi connectivity index (χ0) is 10.7. The third-order valence-electron chi connectivity index (χ3n) is 1.96. The van der Waals surface area contributed by atoms with Gasteiger partial charge in [0.2, 0.25) is 17.8 Å². The van der Waals surface area contributed by atoms with Gasteiger partial charge in [-0.15, -0.1) is 0 Å². The lowest BCUT2D eigenvalue weighted by atomic mass is 10.1. The molecule has 0 saturated heterocycles. The van der Waals surface area contributed by atoms with Crippen LogP contribution >= 0.6 is 0 Å². The van der Waals surface area contributed by atoms with Gasteiger partial charge in [0.1, 0.15) is 6.26 Å². The highest BCUT2D eigenvalue weighted by atomic mass is 19.1. The number of aromatic nitrogens is 1. The molecule has 2 rings (SSSR count). The van der Waals surface area contributed by atoms with Gasteiger partial charge in [-0.2, -0.15) is 0 Å². The van der Waals surface area contributed by atoms with Gasteiger partial charge in [-0.3, -0.25) is 4.79 Å². The molecular weight excluding hydrogens is 197 g/mol. The average Bonchev–Trinajstić information content (AvgIpc) is 2.82. The van der Waals surface area contributed by atoms with Crippen LogP contribution in [0.3, 0.4) is 0 Å². The Hall–Kier alpha value is -1.97. The van der Waals surface area contributed by atoms with Crippen LogP contribution in [0.15, 0.2) is 47.2 Å². The van der Waals surface area contributed by atoms with Crippen molar-refractivity contribution in [3.05, 3.63) is 54.2 Å². The SMILES string of the molecule is O=C(c1ccccc1)C(F)c1ncco1. The summed E-state index contributed by atoms with van der Waals surface area (Å²) in [4.78, 5) is 15.2. The smallest absolute Gasteiger partial charge is 0.238 e. The maximum absolute atomic E-state index is 13.5. The van der Waals surface area contributed by atoms with E-state index in [9.17, 15) is 9.18 Å². The molecule has 3 nitrogen and oxygen atoms in total. The molecule has 0 aliphatic heterocycles. The minimum Gasteiger partial charge on any atom is -0.446 e. The average molecular weight is 205 g/mol. The Bertz CT molecular complexity index is 439. The third kappa shape index (κ3) is 1.93. The molecule has 1 unspecified atom stereocenters. The fraction of sp³-hybridized carbons (Fsp3) is 0.0909. The first-order valence-corrected chi connectivity index (χ1v) is 4.42. The van der Waals surface area contributed by atoms with E-state index in [1.165, 1.54) is 12.5 Å². The van der Waals surface area contributed by atoms with E-state index in [-0.39, 0.29) is 5.89 Å². The highest BCUT2D eigenvalue weighted by molar-refractivity contribution is 5.99. The number of carbonyl (C=O) groups is 1. The second-order valence-corrected chi connectivity index (χ2v) is 2.96. The Morgan fingerprint density at radius 3 is 2.67 bits per heavy atom. The first-order valence-electron chi connectivity index (χ1n) is 4.42. The van der Waals surface area contributed by atoms with Crippen LogP contribution in [-0.4, -0.2) is 10.8 Å². The van der Waals surface area contributed by atoms with E-state index in [1.807, 2.05) is 0 Å². The van der Waals surface area contributed by atoms with E-state index in [1.54, 1.807) is 30.3 Å². The molecule has 0 aliphatic carbocycles. The first kappa shape index (κ1) is 9.58. The van der Waals surface area contributed by atoms with Crippen molar-refractivity contribution in [2.24, 2.45) is 0 Å². The number of nitrogens with zero attached hydrogens (tertiary/aromatic N) is 1. The Kier molecular flexibility index (Phi) is 2.58. The first-order chi connectivity index (χ1) is 7.29. The lowest BCUT2D eigenvalue weighted by Crippen LogP contribution is -2.08. The summed E-state index contributed by atoms with van der Waals surface area (Å²) < 4.78 is 18.3. The lowest BCUT2D eigenvalue weighted by Gasteiger charge is -2.02. The molecule has 2 aromatic rings. The van der Waals surface area contributed by atoms with Gasteiger partial charge in [-0.1, -0.05) is 30.3 Å². The summed E-state index contributed by atoms with van der Waals surface area (Å²) in [5.74, 6) is -0.845. The Labute approximate surface area is 85.6 Å². The van der Waals surface area contributed by atoms with Crippen LogP contribution in [0.5, 0.6) is 0 Å². The normalized spacial score (nSPS) is 12.3. The Balaban J connectivity index is 2.23. The second kappa shape index (κ2) is 4.04. The molecular formula is C11H8FNO2. The molecule has 0 N–H and O–H groups in total. The van der Waals surface area contributed by atoms with Crippen LogP contribution < -0.4 is 0 Å². The van der Waals surface area contributed by atoms with E-state index in [4.69, 9.17) is 4.42 Å². The quantitative estimate of drug-likeness (QED) is 0.723. The lowest BCUT2D eigenvalue weighted by molar-refractivity contribution is 0.0850. The number of rotatable bonds is 3. The van der Waals surface area contributed by atoms with Gasteiger partial charge in [-0.05, 0) is 0 Å². The molecule has 0 radical (unpaired) electrons. The predicted molar refractivity (Wildman–Crippen MR) is 51.1 cm³/mol. The number of Topliss-reactive ketones (excluding diaryl/α,β-unsaturated/α-hetero) is 1. The maximum atomic E-state index is 13.5. The monoisotopic (exact) mass is 205 g/mol. The fourth-order valence-electron chi connectivity index (χ4n) is 1.22. The van der Waals surface area contributed by atoms with E-state index < -0.39 is 12.0 Å². The number of carbonyl (C=O) groups excluding carboxylic acids is 1. The Morgan fingerprint density at radius 2 is 2.07 bits per heavy atom.